The van der Waals surface area contributed by atoms with Crippen molar-refractivity contribution in [3.63, 3.8) is 0 Å². The van der Waals surface area contributed by atoms with Crippen LogP contribution < -0.4 is 15.8 Å². The Morgan fingerprint density at radius 2 is 2.26 bits per heavy atom. The minimum atomic E-state index is -0.0862. The Bertz CT molecular complexity index is 597. The summed E-state index contributed by atoms with van der Waals surface area (Å²) in [5, 5.41) is 11.8. The topological polar surface area (TPSA) is 90.1 Å². The molecular formula is C12H14N4O2S. The molecule has 1 aromatic carbocycles. The van der Waals surface area contributed by atoms with Crippen LogP contribution in [0.4, 0.5) is 10.8 Å². The predicted molar refractivity (Wildman–Crippen MR) is 75.2 cm³/mol. The maximum Gasteiger partial charge on any atom is 0.225 e. The van der Waals surface area contributed by atoms with Crippen molar-refractivity contribution in [3.8, 4) is 16.3 Å². The van der Waals surface area contributed by atoms with Crippen LogP contribution in [0.5, 0.6) is 5.75 Å². The number of ether oxygens (including phenoxy) is 1. The zero-order chi connectivity index (χ0) is 13.8. The second-order valence-electron chi connectivity index (χ2n) is 3.77. The lowest BCUT2D eigenvalue weighted by molar-refractivity contribution is -0.115. The summed E-state index contributed by atoms with van der Waals surface area (Å²) in [5.74, 6) is 0.532. The molecule has 19 heavy (non-hydrogen) atoms. The summed E-state index contributed by atoms with van der Waals surface area (Å²) in [6.07, 6.45) is 0.407. The third-order valence-electron chi connectivity index (χ3n) is 2.47. The molecule has 3 N–H and O–H groups in total. The maximum atomic E-state index is 11.3. The van der Waals surface area contributed by atoms with E-state index in [-0.39, 0.29) is 5.91 Å². The number of nitrogens with one attached hydrogen (secondary N) is 1. The highest BCUT2D eigenvalue weighted by Crippen LogP contribution is 2.31. The molecular weight excluding hydrogens is 264 g/mol. The van der Waals surface area contributed by atoms with E-state index in [1.165, 1.54) is 11.3 Å². The van der Waals surface area contributed by atoms with Gasteiger partial charge in [-0.1, -0.05) is 18.3 Å². The molecule has 0 unspecified atom stereocenters. The van der Waals surface area contributed by atoms with Crippen LogP contribution in [0.3, 0.4) is 0 Å². The Balaban J connectivity index is 2.23. The smallest absolute Gasteiger partial charge is 0.225 e. The molecule has 2 aromatic rings. The lowest BCUT2D eigenvalue weighted by Crippen LogP contribution is -2.08. The largest absolute Gasteiger partial charge is 0.495 e. The molecule has 0 saturated heterocycles. The molecule has 7 heteroatoms. The molecule has 0 aliphatic heterocycles. The monoisotopic (exact) mass is 278 g/mol. The van der Waals surface area contributed by atoms with E-state index in [1.54, 1.807) is 26.2 Å². The van der Waals surface area contributed by atoms with Crippen molar-refractivity contribution < 1.29 is 9.53 Å². The van der Waals surface area contributed by atoms with Gasteiger partial charge in [0.2, 0.25) is 11.0 Å². The van der Waals surface area contributed by atoms with Crippen molar-refractivity contribution in [1.82, 2.24) is 10.2 Å². The summed E-state index contributed by atoms with van der Waals surface area (Å²) >= 11 is 1.30. The first-order valence-corrected chi connectivity index (χ1v) is 6.53. The lowest BCUT2D eigenvalue weighted by atomic mass is 10.2. The summed E-state index contributed by atoms with van der Waals surface area (Å²) in [4.78, 5) is 11.3. The Labute approximate surface area is 114 Å². The van der Waals surface area contributed by atoms with Crippen molar-refractivity contribution in [2.24, 2.45) is 0 Å². The molecule has 6 nitrogen and oxygen atoms in total. The van der Waals surface area contributed by atoms with Crippen LogP contribution in [0.1, 0.15) is 13.3 Å². The summed E-state index contributed by atoms with van der Waals surface area (Å²) in [7, 11) is 1.56. The molecule has 100 valence electrons. The van der Waals surface area contributed by atoms with Crippen molar-refractivity contribution in [2.75, 3.05) is 18.2 Å². The average molecular weight is 278 g/mol. The Morgan fingerprint density at radius 1 is 1.47 bits per heavy atom. The molecule has 0 atom stereocenters. The number of hydrogen-bond acceptors (Lipinski definition) is 6. The fraction of sp³-hybridized carbons (Fsp3) is 0.250. The van der Waals surface area contributed by atoms with Gasteiger partial charge in [-0.2, -0.15) is 0 Å². The highest BCUT2D eigenvalue weighted by atomic mass is 32.1. The Morgan fingerprint density at radius 3 is 2.89 bits per heavy atom. The standard InChI is InChI=1S/C12H14N4O2S/c1-3-10(17)14-12-16-15-11(19-12)7-4-5-9(18-2)8(13)6-7/h4-6H,3,13H2,1-2H3,(H,14,16,17). The van der Waals surface area contributed by atoms with Crippen LogP contribution in [0.2, 0.25) is 0 Å². The van der Waals surface area contributed by atoms with Gasteiger partial charge in [-0.25, -0.2) is 0 Å². The summed E-state index contributed by atoms with van der Waals surface area (Å²) in [6.45, 7) is 1.78. The molecule has 0 bridgehead atoms. The van der Waals surface area contributed by atoms with E-state index in [9.17, 15) is 4.79 Å². The lowest BCUT2D eigenvalue weighted by Gasteiger charge is -2.04. The fourth-order valence-electron chi connectivity index (χ4n) is 1.47. The maximum absolute atomic E-state index is 11.3. The third kappa shape index (κ3) is 3.00. The summed E-state index contributed by atoms with van der Waals surface area (Å²) in [6, 6.07) is 5.39. The number of anilines is 2. The van der Waals surface area contributed by atoms with Gasteiger partial charge in [0.25, 0.3) is 0 Å². The first-order valence-electron chi connectivity index (χ1n) is 5.71. The van der Waals surface area contributed by atoms with Crippen LogP contribution in [0.25, 0.3) is 10.6 Å². The van der Waals surface area contributed by atoms with Gasteiger partial charge < -0.3 is 15.8 Å². The van der Waals surface area contributed by atoms with Gasteiger partial charge in [-0.05, 0) is 18.2 Å². The van der Waals surface area contributed by atoms with Crippen molar-refractivity contribution in [3.05, 3.63) is 18.2 Å². The normalized spacial score (nSPS) is 10.2. The number of hydrogen-bond donors (Lipinski definition) is 2. The average Bonchev–Trinajstić information content (AvgIpc) is 2.87. The number of aromatic nitrogens is 2. The van der Waals surface area contributed by atoms with E-state index in [1.807, 2.05) is 6.07 Å². The summed E-state index contributed by atoms with van der Waals surface area (Å²) in [5.41, 5.74) is 7.22. The number of carbonyl (C=O) groups is 1. The first-order chi connectivity index (χ1) is 9.13. The van der Waals surface area contributed by atoms with E-state index in [0.29, 0.717) is 28.0 Å². The number of nitrogens with two attached hydrogens (primary N) is 1. The van der Waals surface area contributed by atoms with Crippen LogP contribution in [0, 0.1) is 0 Å². The van der Waals surface area contributed by atoms with E-state index in [2.05, 4.69) is 15.5 Å². The van der Waals surface area contributed by atoms with E-state index >= 15 is 0 Å². The minimum absolute atomic E-state index is 0.0862. The number of methoxy groups -OCH3 is 1. The summed E-state index contributed by atoms with van der Waals surface area (Å²) < 4.78 is 5.09. The number of nitrogen functional groups attached to an aromatic ring is 1. The second kappa shape index (κ2) is 5.66. The number of nitrogens with zero attached hydrogens (tertiary/aromatic N) is 2. The van der Waals surface area contributed by atoms with E-state index in [0.717, 1.165) is 5.56 Å². The minimum Gasteiger partial charge on any atom is -0.495 e. The number of benzene rings is 1. The van der Waals surface area contributed by atoms with Crippen LogP contribution >= 0.6 is 11.3 Å². The molecule has 1 heterocycles. The molecule has 2 rings (SSSR count). The SMILES string of the molecule is CCC(=O)Nc1nnc(-c2ccc(OC)c(N)c2)s1. The van der Waals surface area contributed by atoms with Crippen molar-refractivity contribution in [1.29, 1.82) is 0 Å². The Kier molecular flexibility index (Phi) is 3.96. The second-order valence-corrected chi connectivity index (χ2v) is 4.75. The Hall–Kier alpha value is -2.15. The zero-order valence-corrected chi connectivity index (χ0v) is 11.5. The highest BCUT2D eigenvalue weighted by Gasteiger charge is 2.10. The molecule has 0 spiro atoms. The van der Waals surface area contributed by atoms with Gasteiger partial charge in [0, 0.05) is 12.0 Å². The van der Waals surface area contributed by atoms with Gasteiger partial charge in [0.1, 0.15) is 10.8 Å². The van der Waals surface area contributed by atoms with Crippen molar-refractivity contribution >= 4 is 28.1 Å². The fourth-order valence-corrected chi connectivity index (χ4v) is 2.22. The molecule has 0 radical (unpaired) electrons. The number of carbonyl (C=O) groups excluding carboxylic acids is 1. The molecule has 1 aromatic heterocycles. The molecule has 0 aliphatic carbocycles. The number of amides is 1. The predicted octanol–water partition coefficient (Wildman–Crippen LogP) is 2.14. The van der Waals surface area contributed by atoms with Gasteiger partial charge >= 0.3 is 0 Å². The van der Waals surface area contributed by atoms with Gasteiger partial charge in [0.05, 0.1) is 12.8 Å². The van der Waals surface area contributed by atoms with Crippen molar-refractivity contribution in [2.45, 2.75) is 13.3 Å². The third-order valence-corrected chi connectivity index (χ3v) is 3.36. The molecule has 0 saturated carbocycles. The zero-order valence-electron chi connectivity index (χ0n) is 10.6. The first kappa shape index (κ1) is 13.3. The quantitative estimate of drug-likeness (QED) is 0.836. The van der Waals surface area contributed by atoms with Gasteiger partial charge in [0.15, 0.2) is 0 Å². The molecule has 1 amide bonds. The van der Waals surface area contributed by atoms with Crippen LogP contribution in [0.15, 0.2) is 18.2 Å². The van der Waals surface area contributed by atoms with E-state index < -0.39 is 0 Å². The number of rotatable bonds is 4. The van der Waals surface area contributed by atoms with Crippen LogP contribution in [-0.2, 0) is 4.79 Å². The van der Waals surface area contributed by atoms with E-state index in [4.69, 9.17) is 10.5 Å². The molecule has 0 fully saturated rings. The van der Waals surface area contributed by atoms with Crippen LogP contribution in [-0.4, -0.2) is 23.2 Å². The molecule has 0 aliphatic rings. The van der Waals surface area contributed by atoms with Gasteiger partial charge in [-0.3, -0.25) is 4.79 Å². The van der Waals surface area contributed by atoms with Gasteiger partial charge in [-0.15, -0.1) is 10.2 Å². The highest BCUT2D eigenvalue weighted by molar-refractivity contribution is 7.18.